The number of anilines is 1. The molecule has 0 unspecified atom stereocenters. The van der Waals surface area contributed by atoms with Gasteiger partial charge in [-0.05, 0) is 30.7 Å². The zero-order valence-corrected chi connectivity index (χ0v) is 11.2. The summed E-state index contributed by atoms with van der Waals surface area (Å²) in [6.07, 6.45) is 0.872. The molecule has 0 spiro atoms. The fourth-order valence-corrected chi connectivity index (χ4v) is 1.67. The van der Waals surface area contributed by atoms with Crippen molar-refractivity contribution in [2.24, 2.45) is 11.1 Å². The third-order valence-electron chi connectivity index (χ3n) is 2.70. The van der Waals surface area contributed by atoms with E-state index in [1.807, 2.05) is 52.1 Å². The highest BCUT2D eigenvalue weighted by Gasteiger charge is 2.25. The highest BCUT2D eigenvalue weighted by molar-refractivity contribution is 5.96. The van der Waals surface area contributed by atoms with E-state index in [0.717, 1.165) is 12.1 Å². The maximum absolute atomic E-state index is 12.1. The lowest BCUT2D eigenvalue weighted by Crippen LogP contribution is -2.36. The summed E-state index contributed by atoms with van der Waals surface area (Å²) >= 11 is 0. The van der Waals surface area contributed by atoms with Gasteiger partial charge >= 0.3 is 0 Å². The van der Waals surface area contributed by atoms with E-state index >= 15 is 0 Å². The minimum Gasteiger partial charge on any atom is -0.330 e. The van der Waals surface area contributed by atoms with Gasteiger partial charge in [-0.25, -0.2) is 0 Å². The molecule has 17 heavy (non-hydrogen) atoms. The Morgan fingerprint density at radius 2 is 1.76 bits per heavy atom. The van der Waals surface area contributed by atoms with Crippen LogP contribution in [0, 0.1) is 5.41 Å². The molecule has 1 aromatic rings. The predicted molar refractivity (Wildman–Crippen MR) is 72.1 cm³/mol. The SMILES string of the molecule is CN(C(=O)C(C)(C)C)c1ccc(CCN)cc1. The Kier molecular flexibility index (Phi) is 4.29. The summed E-state index contributed by atoms with van der Waals surface area (Å²) in [5.41, 5.74) is 7.27. The molecular weight excluding hydrogens is 212 g/mol. The number of nitrogens with zero attached hydrogens (tertiary/aromatic N) is 1. The van der Waals surface area contributed by atoms with Crippen LogP contribution in [0.15, 0.2) is 24.3 Å². The van der Waals surface area contributed by atoms with E-state index in [-0.39, 0.29) is 11.3 Å². The number of benzene rings is 1. The number of hydrogen-bond donors (Lipinski definition) is 1. The van der Waals surface area contributed by atoms with Crippen LogP contribution in [0.25, 0.3) is 0 Å². The summed E-state index contributed by atoms with van der Waals surface area (Å²) in [6.45, 7) is 6.42. The zero-order chi connectivity index (χ0) is 13.1. The average Bonchev–Trinajstić information content (AvgIpc) is 2.27. The zero-order valence-electron chi connectivity index (χ0n) is 11.2. The monoisotopic (exact) mass is 234 g/mol. The second-order valence-corrected chi connectivity index (χ2v) is 5.32. The first kappa shape index (κ1) is 13.7. The highest BCUT2D eigenvalue weighted by Crippen LogP contribution is 2.22. The molecule has 0 bridgehead atoms. The third kappa shape index (κ3) is 3.56. The molecule has 0 heterocycles. The lowest BCUT2D eigenvalue weighted by atomic mass is 9.94. The van der Waals surface area contributed by atoms with Crippen molar-refractivity contribution in [2.75, 3.05) is 18.5 Å². The van der Waals surface area contributed by atoms with E-state index < -0.39 is 0 Å². The Balaban J connectivity index is 2.83. The van der Waals surface area contributed by atoms with E-state index in [2.05, 4.69) is 0 Å². The highest BCUT2D eigenvalue weighted by atomic mass is 16.2. The molecule has 0 atom stereocenters. The number of hydrogen-bond acceptors (Lipinski definition) is 2. The minimum absolute atomic E-state index is 0.115. The van der Waals surface area contributed by atoms with Gasteiger partial charge < -0.3 is 10.6 Å². The van der Waals surface area contributed by atoms with Crippen molar-refractivity contribution in [1.29, 1.82) is 0 Å². The van der Waals surface area contributed by atoms with E-state index in [1.165, 1.54) is 5.56 Å². The van der Waals surface area contributed by atoms with Crippen molar-refractivity contribution in [3.63, 3.8) is 0 Å². The quantitative estimate of drug-likeness (QED) is 0.871. The second-order valence-electron chi connectivity index (χ2n) is 5.32. The van der Waals surface area contributed by atoms with Gasteiger partial charge in [0.05, 0.1) is 0 Å². The van der Waals surface area contributed by atoms with E-state index in [0.29, 0.717) is 6.54 Å². The van der Waals surface area contributed by atoms with Crippen LogP contribution in [0.1, 0.15) is 26.3 Å². The first-order chi connectivity index (χ1) is 7.86. The molecule has 94 valence electrons. The van der Waals surface area contributed by atoms with Crippen LogP contribution >= 0.6 is 0 Å². The first-order valence-corrected chi connectivity index (χ1v) is 5.93. The third-order valence-corrected chi connectivity index (χ3v) is 2.70. The molecule has 0 aliphatic carbocycles. The normalized spacial score (nSPS) is 11.4. The molecule has 2 N–H and O–H groups in total. The maximum Gasteiger partial charge on any atom is 0.232 e. The number of carbonyl (C=O) groups excluding carboxylic acids is 1. The summed E-state index contributed by atoms with van der Waals surface area (Å²) < 4.78 is 0. The molecule has 0 radical (unpaired) electrons. The van der Waals surface area contributed by atoms with Gasteiger partial charge in [-0.15, -0.1) is 0 Å². The van der Waals surface area contributed by atoms with E-state index in [1.54, 1.807) is 4.90 Å². The van der Waals surface area contributed by atoms with Crippen LogP contribution in [0.3, 0.4) is 0 Å². The Morgan fingerprint density at radius 3 is 2.18 bits per heavy atom. The molecule has 1 aromatic carbocycles. The minimum atomic E-state index is -0.356. The van der Waals surface area contributed by atoms with Crippen LogP contribution in [0.5, 0.6) is 0 Å². The molecule has 1 rings (SSSR count). The first-order valence-electron chi connectivity index (χ1n) is 5.93. The molecule has 1 amide bonds. The van der Waals surface area contributed by atoms with E-state index in [4.69, 9.17) is 5.73 Å². The molecular formula is C14H22N2O. The fourth-order valence-electron chi connectivity index (χ4n) is 1.67. The van der Waals surface area contributed by atoms with Crippen LogP contribution in [-0.4, -0.2) is 19.5 Å². The lowest BCUT2D eigenvalue weighted by molar-refractivity contribution is -0.125. The average molecular weight is 234 g/mol. The second kappa shape index (κ2) is 5.32. The van der Waals surface area contributed by atoms with Crippen LogP contribution < -0.4 is 10.6 Å². The number of rotatable bonds is 3. The Bertz CT molecular complexity index is 376. The lowest BCUT2D eigenvalue weighted by Gasteiger charge is -2.26. The summed E-state index contributed by atoms with van der Waals surface area (Å²) in [7, 11) is 1.81. The van der Waals surface area contributed by atoms with Crippen molar-refractivity contribution in [3.8, 4) is 0 Å². The van der Waals surface area contributed by atoms with Gasteiger partial charge in [-0.3, -0.25) is 4.79 Å². The summed E-state index contributed by atoms with van der Waals surface area (Å²) in [5.74, 6) is 0.115. The standard InChI is InChI=1S/C14H22N2O/c1-14(2,3)13(17)16(4)12-7-5-11(6-8-12)9-10-15/h5-8H,9-10,15H2,1-4H3. The van der Waals surface area contributed by atoms with Gasteiger partial charge in [-0.2, -0.15) is 0 Å². The molecule has 3 nitrogen and oxygen atoms in total. The molecule has 0 aromatic heterocycles. The van der Waals surface area contributed by atoms with Gasteiger partial charge in [0.25, 0.3) is 0 Å². The number of carbonyl (C=O) groups is 1. The number of amides is 1. The van der Waals surface area contributed by atoms with Crippen LogP contribution in [-0.2, 0) is 11.2 Å². The molecule has 0 aliphatic rings. The van der Waals surface area contributed by atoms with Gasteiger partial charge in [0.1, 0.15) is 0 Å². The Hall–Kier alpha value is -1.35. The molecule has 0 saturated carbocycles. The van der Waals surface area contributed by atoms with Crippen molar-refractivity contribution >= 4 is 11.6 Å². The van der Waals surface area contributed by atoms with Crippen LogP contribution in [0.2, 0.25) is 0 Å². The maximum atomic E-state index is 12.1. The van der Waals surface area contributed by atoms with Crippen LogP contribution in [0.4, 0.5) is 5.69 Å². The summed E-state index contributed by atoms with van der Waals surface area (Å²) in [5, 5.41) is 0. The van der Waals surface area contributed by atoms with Gasteiger partial charge in [0.2, 0.25) is 5.91 Å². The molecule has 0 aliphatic heterocycles. The van der Waals surface area contributed by atoms with Gasteiger partial charge in [0.15, 0.2) is 0 Å². The topological polar surface area (TPSA) is 46.3 Å². The molecule has 3 heteroatoms. The summed E-state index contributed by atoms with van der Waals surface area (Å²) in [4.78, 5) is 13.8. The smallest absolute Gasteiger partial charge is 0.232 e. The Labute approximate surface area is 104 Å². The number of nitrogens with two attached hydrogens (primary N) is 1. The van der Waals surface area contributed by atoms with Crippen molar-refractivity contribution in [1.82, 2.24) is 0 Å². The van der Waals surface area contributed by atoms with E-state index in [9.17, 15) is 4.79 Å². The van der Waals surface area contributed by atoms with Gasteiger partial charge in [0, 0.05) is 18.2 Å². The van der Waals surface area contributed by atoms with Gasteiger partial charge in [-0.1, -0.05) is 32.9 Å². The predicted octanol–water partition coefficient (Wildman–Crippen LogP) is 2.20. The fraction of sp³-hybridized carbons (Fsp3) is 0.500. The summed E-state index contributed by atoms with van der Waals surface area (Å²) in [6, 6.07) is 7.98. The van der Waals surface area contributed by atoms with Crippen molar-refractivity contribution in [3.05, 3.63) is 29.8 Å². The largest absolute Gasteiger partial charge is 0.330 e. The molecule has 0 fully saturated rings. The van der Waals surface area contributed by atoms with Crippen molar-refractivity contribution < 1.29 is 4.79 Å². The van der Waals surface area contributed by atoms with Crippen molar-refractivity contribution in [2.45, 2.75) is 27.2 Å². The Morgan fingerprint density at radius 1 is 1.24 bits per heavy atom. The molecule has 0 saturated heterocycles.